The second kappa shape index (κ2) is 10.4. The Bertz CT molecular complexity index is 998. The number of rotatable bonds is 9. The van der Waals surface area contributed by atoms with Crippen molar-refractivity contribution in [3.8, 4) is 11.5 Å². The predicted octanol–water partition coefficient (Wildman–Crippen LogP) is 3.68. The molecule has 7 heteroatoms. The van der Waals surface area contributed by atoms with E-state index in [1.54, 1.807) is 6.08 Å². The average molecular weight is 422 g/mol. The van der Waals surface area contributed by atoms with Gasteiger partial charge >= 0.3 is 5.97 Å². The molecule has 0 fully saturated rings. The van der Waals surface area contributed by atoms with Gasteiger partial charge in [0.2, 0.25) is 0 Å². The average Bonchev–Trinajstić information content (AvgIpc) is 3.06. The maximum absolute atomic E-state index is 13.1. The number of hydrogen-bond acceptors (Lipinski definition) is 6. The van der Waals surface area contributed by atoms with E-state index >= 15 is 0 Å². The standard InChI is InChI=1S/C24H26N2O5/c1-4-29-21-12-11-18(16-22(21)30-5-2)15-20-24(28)26(13-14-31-17(3)27)23(25-20)19-9-7-6-8-10-19/h6-12,15-16H,4-5,13-14H2,1-3H3/b20-15-. The summed E-state index contributed by atoms with van der Waals surface area (Å²) >= 11 is 0. The van der Waals surface area contributed by atoms with E-state index in [4.69, 9.17) is 14.2 Å². The monoisotopic (exact) mass is 422 g/mol. The van der Waals surface area contributed by atoms with E-state index in [1.165, 1.54) is 11.8 Å². The van der Waals surface area contributed by atoms with Crippen LogP contribution in [0.1, 0.15) is 31.9 Å². The van der Waals surface area contributed by atoms with Crippen LogP contribution in [0.3, 0.4) is 0 Å². The lowest BCUT2D eigenvalue weighted by molar-refractivity contribution is -0.142. The number of nitrogens with zero attached hydrogens (tertiary/aromatic N) is 2. The molecule has 162 valence electrons. The van der Waals surface area contributed by atoms with Crippen molar-refractivity contribution in [2.24, 2.45) is 4.99 Å². The first-order valence-corrected chi connectivity index (χ1v) is 10.2. The zero-order valence-electron chi connectivity index (χ0n) is 18.0. The minimum Gasteiger partial charge on any atom is -0.490 e. The van der Waals surface area contributed by atoms with Crippen LogP contribution in [0.15, 0.2) is 59.2 Å². The van der Waals surface area contributed by atoms with Gasteiger partial charge in [-0.15, -0.1) is 0 Å². The van der Waals surface area contributed by atoms with Crippen LogP contribution in [0, 0.1) is 0 Å². The molecule has 7 nitrogen and oxygen atoms in total. The summed E-state index contributed by atoms with van der Waals surface area (Å²) in [5.74, 6) is 1.15. The Labute approximate surface area is 181 Å². The summed E-state index contributed by atoms with van der Waals surface area (Å²) < 4.78 is 16.3. The maximum atomic E-state index is 13.1. The molecule has 0 saturated heterocycles. The molecule has 2 aromatic carbocycles. The molecule has 2 aromatic rings. The summed E-state index contributed by atoms with van der Waals surface area (Å²) in [7, 11) is 0. The van der Waals surface area contributed by atoms with E-state index in [2.05, 4.69) is 4.99 Å². The third kappa shape index (κ3) is 5.51. The fourth-order valence-corrected chi connectivity index (χ4v) is 3.16. The highest BCUT2D eigenvalue weighted by molar-refractivity contribution is 6.19. The van der Waals surface area contributed by atoms with Gasteiger partial charge in [0.1, 0.15) is 18.1 Å². The van der Waals surface area contributed by atoms with Gasteiger partial charge in [-0.1, -0.05) is 36.4 Å². The summed E-state index contributed by atoms with van der Waals surface area (Å²) in [5, 5.41) is 0. The van der Waals surface area contributed by atoms with Crippen LogP contribution in [0.25, 0.3) is 6.08 Å². The highest BCUT2D eigenvalue weighted by Crippen LogP contribution is 2.30. The lowest BCUT2D eigenvalue weighted by Crippen LogP contribution is -2.35. The highest BCUT2D eigenvalue weighted by Gasteiger charge is 2.31. The number of amides is 1. The Morgan fingerprint density at radius 2 is 1.74 bits per heavy atom. The van der Waals surface area contributed by atoms with Gasteiger partial charge in [-0.2, -0.15) is 0 Å². The zero-order chi connectivity index (χ0) is 22.2. The molecule has 0 spiro atoms. The fraction of sp³-hybridized carbons (Fsp3) is 0.292. The van der Waals surface area contributed by atoms with Gasteiger partial charge in [-0.3, -0.25) is 14.5 Å². The third-order valence-corrected chi connectivity index (χ3v) is 4.47. The molecule has 3 rings (SSSR count). The van der Waals surface area contributed by atoms with Crippen molar-refractivity contribution >= 4 is 23.8 Å². The third-order valence-electron chi connectivity index (χ3n) is 4.47. The quantitative estimate of drug-likeness (QED) is 0.455. The molecular formula is C24H26N2O5. The summed E-state index contributed by atoms with van der Waals surface area (Å²) in [6, 6.07) is 14.9. The molecule has 0 atom stereocenters. The smallest absolute Gasteiger partial charge is 0.302 e. The SMILES string of the molecule is CCOc1ccc(/C=C2\N=C(c3ccccc3)N(CCOC(C)=O)C2=O)cc1OCC. The maximum Gasteiger partial charge on any atom is 0.302 e. The van der Waals surface area contributed by atoms with E-state index in [1.807, 2.05) is 62.4 Å². The molecule has 0 aromatic heterocycles. The number of carbonyl (C=O) groups excluding carboxylic acids is 2. The summed E-state index contributed by atoms with van der Waals surface area (Å²) in [6.45, 7) is 6.49. The molecule has 0 radical (unpaired) electrons. The van der Waals surface area contributed by atoms with Gasteiger partial charge < -0.3 is 14.2 Å². The van der Waals surface area contributed by atoms with Crippen LogP contribution >= 0.6 is 0 Å². The first-order valence-electron chi connectivity index (χ1n) is 10.2. The largest absolute Gasteiger partial charge is 0.490 e. The number of aliphatic imine (C=N–C) groups is 1. The summed E-state index contributed by atoms with van der Waals surface area (Å²) in [6.07, 6.45) is 1.72. The van der Waals surface area contributed by atoms with Crippen molar-refractivity contribution in [1.82, 2.24) is 4.90 Å². The van der Waals surface area contributed by atoms with Gasteiger partial charge in [-0.05, 0) is 37.6 Å². The molecule has 1 heterocycles. The summed E-state index contributed by atoms with van der Waals surface area (Å²) in [4.78, 5) is 30.3. The van der Waals surface area contributed by atoms with Crippen molar-refractivity contribution in [3.63, 3.8) is 0 Å². The lowest BCUT2D eigenvalue weighted by Gasteiger charge is -2.18. The number of ether oxygens (including phenoxy) is 3. The second-order valence-corrected chi connectivity index (χ2v) is 6.70. The van der Waals surface area contributed by atoms with Gasteiger partial charge in [0, 0.05) is 12.5 Å². The van der Waals surface area contributed by atoms with E-state index in [-0.39, 0.29) is 19.1 Å². The van der Waals surface area contributed by atoms with Crippen LogP contribution in [0.4, 0.5) is 0 Å². The van der Waals surface area contributed by atoms with Crippen LogP contribution in [-0.2, 0) is 14.3 Å². The number of amidine groups is 1. The Hall–Kier alpha value is -3.61. The molecule has 0 N–H and O–H groups in total. The van der Waals surface area contributed by atoms with E-state index in [0.717, 1.165) is 11.1 Å². The topological polar surface area (TPSA) is 77.4 Å². The molecule has 0 saturated carbocycles. The van der Waals surface area contributed by atoms with E-state index in [0.29, 0.717) is 36.2 Å². The van der Waals surface area contributed by atoms with Gasteiger partial charge in [0.15, 0.2) is 11.5 Å². The van der Waals surface area contributed by atoms with Gasteiger partial charge in [-0.25, -0.2) is 4.99 Å². The Kier molecular flexibility index (Phi) is 7.43. The molecule has 0 unspecified atom stereocenters. The van der Waals surface area contributed by atoms with Gasteiger partial charge in [0.25, 0.3) is 5.91 Å². The minimum atomic E-state index is -0.390. The van der Waals surface area contributed by atoms with Crippen LogP contribution in [-0.4, -0.2) is 49.0 Å². The van der Waals surface area contributed by atoms with Crippen molar-refractivity contribution in [3.05, 3.63) is 65.4 Å². The van der Waals surface area contributed by atoms with Crippen molar-refractivity contribution in [2.45, 2.75) is 20.8 Å². The first kappa shape index (κ1) is 22.1. The molecule has 1 aliphatic rings. The number of hydrogen-bond donors (Lipinski definition) is 0. The van der Waals surface area contributed by atoms with Crippen LogP contribution < -0.4 is 9.47 Å². The van der Waals surface area contributed by atoms with E-state index in [9.17, 15) is 9.59 Å². The molecular weight excluding hydrogens is 396 g/mol. The molecule has 1 aliphatic heterocycles. The van der Waals surface area contributed by atoms with Crippen LogP contribution in [0.2, 0.25) is 0 Å². The minimum absolute atomic E-state index is 0.0950. The Morgan fingerprint density at radius 3 is 2.42 bits per heavy atom. The van der Waals surface area contributed by atoms with Crippen molar-refractivity contribution in [2.75, 3.05) is 26.4 Å². The predicted molar refractivity (Wildman–Crippen MR) is 118 cm³/mol. The Morgan fingerprint density at radius 1 is 1.03 bits per heavy atom. The number of carbonyl (C=O) groups is 2. The molecule has 0 bridgehead atoms. The summed E-state index contributed by atoms with van der Waals surface area (Å²) in [5.41, 5.74) is 1.88. The second-order valence-electron chi connectivity index (χ2n) is 6.70. The van der Waals surface area contributed by atoms with Crippen molar-refractivity contribution in [1.29, 1.82) is 0 Å². The molecule has 1 amide bonds. The van der Waals surface area contributed by atoms with Crippen molar-refractivity contribution < 1.29 is 23.8 Å². The van der Waals surface area contributed by atoms with E-state index < -0.39 is 5.97 Å². The molecule has 0 aliphatic carbocycles. The normalized spacial score (nSPS) is 14.5. The van der Waals surface area contributed by atoms with Crippen LogP contribution in [0.5, 0.6) is 11.5 Å². The fourth-order valence-electron chi connectivity index (χ4n) is 3.16. The first-order chi connectivity index (χ1) is 15.0. The number of esters is 1. The number of benzene rings is 2. The zero-order valence-corrected chi connectivity index (χ0v) is 18.0. The Balaban J connectivity index is 1.93. The highest BCUT2D eigenvalue weighted by atomic mass is 16.5. The molecule has 31 heavy (non-hydrogen) atoms. The lowest BCUT2D eigenvalue weighted by atomic mass is 10.1. The van der Waals surface area contributed by atoms with Gasteiger partial charge in [0.05, 0.1) is 19.8 Å².